The van der Waals surface area contributed by atoms with E-state index in [9.17, 15) is 4.79 Å². The maximum absolute atomic E-state index is 12.0. The number of carbonyl (C=O) groups is 1. The normalized spacial score (nSPS) is 19.6. The van der Waals surface area contributed by atoms with Gasteiger partial charge in [0, 0.05) is 12.1 Å². The van der Waals surface area contributed by atoms with Crippen molar-refractivity contribution < 1.29 is 10.0 Å². The molecular weight excluding hydrogens is 274 g/mol. The summed E-state index contributed by atoms with van der Waals surface area (Å²) in [4.78, 5) is 12.0. The van der Waals surface area contributed by atoms with Gasteiger partial charge in [0.25, 0.3) is 0 Å². The van der Waals surface area contributed by atoms with E-state index < -0.39 is 0 Å². The van der Waals surface area contributed by atoms with Crippen molar-refractivity contribution in [3.05, 3.63) is 35.4 Å². The van der Waals surface area contributed by atoms with Crippen molar-refractivity contribution in [2.45, 2.75) is 31.1 Å². The summed E-state index contributed by atoms with van der Waals surface area (Å²) in [5.41, 5.74) is 7.14. The Morgan fingerprint density at radius 1 is 1.40 bits per heavy atom. The third kappa shape index (κ3) is 3.90. The minimum atomic E-state index is 0.0826. The van der Waals surface area contributed by atoms with E-state index in [-0.39, 0.29) is 17.0 Å². The molecule has 1 heterocycles. The predicted molar refractivity (Wildman–Crippen MR) is 80.9 cm³/mol. The average Bonchev–Trinajstić information content (AvgIpc) is 2.53. The first-order valence-corrected chi connectivity index (χ1v) is 7.71. The standard InChI is InChI=1S/C14H19N3O2S/c15-13(17-19)11-6-4-10(5-7-11)9-16-14(18)12-3-1-2-8-20-12/h4-7,12,19H,1-3,8-9H2,(H2,15,17)(H,16,18). The third-order valence-electron chi connectivity index (χ3n) is 3.30. The fraction of sp³-hybridized carbons (Fsp3) is 0.429. The molecule has 6 heteroatoms. The fourth-order valence-corrected chi connectivity index (χ4v) is 3.32. The van der Waals surface area contributed by atoms with Gasteiger partial charge in [-0.25, -0.2) is 0 Å². The SMILES string of the molecule is N/C(=N/O)c1ccc(CNC(=O)C2CCCCS2)cc1. The van der Waals surface area contributed by atoms with Gasteiger partial charge in [0.1, 0.15) is 0 Å². The van der Waals surface area contributed by atoms with Crippen LogP contribution in [-0.4, -0.2) is 28.0 Å². The lowest BCUT2D eigenvalue weighted by atomic mass is 10.1. The lowest BCUT2D eigenvalue weighted by Gasteiger charge is -2.20. The molecule has 1 aromatic carbocycles. The molecule has 1 saturated heterocycles. The van der Waals surface area contributed by atoms with Crippen molar-refractivity contribution in [2.24, 2.45) is 10.9 Å². The molecule has 1 aliphatic heterocycles. The molecule has 5 nitrogen and oxygen atoms in total. The number of amidine groups is 1. The van der Waals surface area contributed by atoms with Crippen LogP contribution in [0.4, 0.5) is 0 Å². The molecule has 2 rings (SSSR count). The molecule has 0 bridgehead atoms. The highest BCUT2D eigenvalue weighted by atomic mass is 32.2. The number of amides is 1. The van der Waals surface area contributed by atoms with E-state index in [1.54, 1.807) is 23.9 Å². The van der Waals surface area contributed by atoms with Crippen molar-refractivity contribution in [1.82, 2.24) is 5.32 Å². The molecule has 1 fully saturated rings. The topological polar surface area (TPSA) is 87.7 Å². The number of hydrogen-bond acceptors (Lipinski definition) is 4. The lowest BCUT2D eigenvalue weighted by Crippen LogP contribution is -2.33. The molecule has 4 N–H and O–H groups in total. The van der Waals surface area contributed by atoms with Crippen LogP contribution in [0.25, 0.3) is 0 Å². The Morgan fingerprint density at radius 3 is 2.75 bits per heavy atom. The minimum Gasteiger partial charge on any atom is -0.409 e. The number of thioether (sulfide) groups is 1. The van der Waals surface area contributed by atoms with Crippen LogP contribution >= 0.6 is 11.8 Å². The summed E-state index contributed by atoms with van der Waals surface area (Å²) in [6.45, 7) is 0.506. The van der Waals surface area contributed by atoms with Crippen LogP contribution < -0.4 is 11.1 Å². The first-order valence-electron chi connectivity index (χ1n) is 6.67. The first kappa shape index (κ1) is 14.7. The molecule has 0 aliphatic carbocycles. The summed E-state index contributed by atoms with van der Waals surface area (Å²) < 4.78 is 0. The van der Waals surface area contributed by atoms with Crippen molar-refractivity contribution in [3.63, 3.8) is 0 Å². The third-order valence-corrected chi connectivity index (χ3v) is 4.67. The van der Waals surface area contributed by atoms with Gasteiger partial charge in [-0.1, -0.05) is 35.8 Å². The van der Waals surface area contributed by atoms with Crippen molar-refractivity contribution in [2.75, 3.05) is 5.75 Å². The highest BCUT2D eigenvalue weighted by molar-refractivity contribution is 8.00. The summed E-state index contributed by atoms with van der Waals surface area (Å²) in [6.07, 6.45) is 3.32. The van der Waals surface area contributed by atoms with Crippen molar-refractivity contribution >= 4 is 23.5 Å². The summed E-state index contributed by atoms with van der Waals surface area (Å²) in [5, 5.41) is 14.6. The van der Waals surface area contributed by atoms with E-state index in [1.807, 2.05) is 12.1 Å². The molecule has 108 valence electrons. The molecule has 0 saturated carbocycles. The summed E-state index contributed by atoms with van der Waals surface area (Å²) in [6, 6.07) is 7.27. The minimum absolute atomic E-state index is 0.0826. The van der Waals surface area contributed by atoms with Gasteiger partial charge in [-0.15, -0.1) is 11.8 Å². The number of rotatable bonds is 4. The van der Waals surface area contributed by atoms with Gasteiger partial charge in [0.05, 0.1) is 5.25 Å². The zero-order valence-corrected chi connectivity index (χ0v) is 12.0. The Balaban J connectivity index is 1.85. The summed E-state index contributed by atoms with van der Waals surface area (Å²) in [5.74, 6) is 1.28. The molecule has 1 unspecified atom stereocenters. The Kier molecular flexibility index (Phi) is 5.29. The maximum Gasteiger partial charge on any atom is 0.233 e. The highest BCUT2D eigenvalue weighted by Crippen LogP contribution is 2.25. The Labute approximate surface area is 122 Å². The highest BCUT2D eigenvalue weighted by Gasteiger charge is 2.21. The van der Waals surface area contributed by atoms with E-state index in [0.29, 0.717) is 12.1 Å². The Morgan fingerprint density at radius 2 is 2.15 bits per heavy atom. The molecule has 1 aromatic rings. The molecule has 20 heavy (non-hydrogen) atoms. The van der Waals surface area contributed by atoms with E-state index in [4.69, 9.17) is 10.9 Å². The maximum atomic E-state index is 12.0. The zero-order valence-electron chi connectivity index (χ0n) is 11.2. The number of hydrogen-bond donors (Lipinski definition) is 3. The molecule has 1 amide bonds. The quantitative estimate of drug-likeness (QED) is 0.341. The average molecular weight is 293 g/mol. The molecule has 0 aromatic heterocycles. The smallest absolute Gasteiger partial charge is 0.233 e. The number of carbonyl (C=O) groups excluding carboxylic acids is 1. The van der Waals surface area contributed by atoms with Gasteiger partial charge < -0.3 is 16.3 Å². The number of nitrogens with two attached hydrogens (primary N) is 1. The number of nitrogens with one attached hydrogen (secondary N) is 1. The Bertz CT molecular complexity index is 482. The van der Waals surface area contributed by atoms with Gasteiger partial charge in [-0.3, -0.25) is 4.79 Å². The van der Waals surface area contributed by atoms with Crippen molar-refractivity contribution in [1.29, 1.82) is 0 Å². The van der Waals surface area contributed by atoms with Gasteiger partial charge in [0.15, 0.2) is 5.84 Å². The van der Waals surface area contributed by atoms with Crippen LogP contribution in [0.5, 0.6) is 0 Å². The van der Waals surface area contributed by atoms with Crippen LogP contribution in [0.15, 0.2) is 29.4 Å². The van der Waals surface area contributed by atoms with Crippen molar-refractivity contribution in [3.8, 4) is 0 Å². The van der Waals surface area contributed by atoms with Crippen LogP contribution in [-0.2, 0) is 11.3 Å². The van der Waals surface area contributed by atoms with Gasteiger partial charge in [-0.2, -0.15) is 0 Å². The number of oxime groups is 1. The molecule has 1 atom stereocenters. The zero-order chi connectivity index (χ0) is 14.4. The van der Waals surface area contributed by atoms with Gasteiger partial charge >= 0.3 is 0 Å². The monoisotopic (exact) mass is 293 g/mol. The molecule has 0 spiro atoms. The summed E-state index contributed by atoms with van der Waals surface area (Å²) in [7, 11) is 0. The second-order valence-electron chi connectivity index (χ2n) is 4.76. The molecular formula is C14H19N3O2S. The summed E-state index contributed by atoms with van der Waals surface area (Å²) >= 11 is 1.74. The molecule has 0 radical (unpaired) electrons. The second-order valence-corrected chi connectivity index (χ2v) is 6.07. The largest absolute Gasteiger partial charge is 0.409 e. The van der Waals surface area contributed by atoms with Crippen LogP contribution in [0.3, 0.4) is 0 Å². The molecule has 1 aliphatic rings. The van der Waals surface area contributed by atoms with Crippen LogP contribution in [0.2, 0.25) is 0 Å². The predicted octanol–water partition coefficient (Wildman–Crippen LogP) is 1.68. The van der Waals surface area contributed by atoms with E-state index >= 15 is 0 Å². The van der Waals surface area contributed by atoms with E-state index in [2.05, 4.69) is 10.5 Å². The van der Waals surface area contributed by atoms with E-state index in [1.165, 1.54) is 6.42 Å². The fourth-order valence-electron chi connectivity index (χ4n) is 2.10. The van der Waals surface area contributed by atoms with Crippen LogP contribution in [0.1, 0.15) is 30.4 Å². The van der Waals surface area contributed by atoms with Gasteiger partial charge in [0.2, 0.25) is 5.91 Å². The van der Waals surface area contributed by atoms with E-state index in [0.717, 1.165) is 24.2 Å². The van der Waals surface area contributed by atoms with Crippen LogP contribution in [0, 0.1) is 0 Å². The van der Waals surface area contributed by atoms with Gasteiger partial charge in [-0.05, 0) is 24.2 Å². The Hall–Kier alpha value is -1.69. The lowest BCUT2D eigenvalue weighted by molar-refractivity contribution is -0.120. The first-order chi connectivity index (χ1) is 9.70. The number of nitrogens with zero attached hydrogens (tertiary/aromatic N) is 1. The second kappa shape index (κ2) is 7.19. The number of benzene rings is 1.